The number of aliphatic hydroxyl groups excluding tert-OH is 2. The van der Waals surface area contributed by atoms with Crippen molar-refractivity contribution in [3.05, 3.63) is 120 Å². The molecule has 70 heavy (non-hydrogen) atoms. The van der Waals surface area contributed by atoms with E-state index < -0.39 is 24.1 Å². The zero-order valence-corrected chi connectivity index (χ0v) is 38.8. The number of epoxide rings is 1. The fourth-order valence-corrected chi connectivity index (χ4v) is 5.02. The van der Waals surface area contributed by atoms with Crippen LogP contribution in [0.25, 0.3) is 0 Å². The average molecular weight is 985 g/mol. The van der Waals surface area contributed by atoms with Crippen LogP contribution in [0, 0.1) is 47.5 Å². The minimum atomic E-state index is -0.827. The summed E-state index contributed by atoms with van der Waals surface area (Å²) in [6.07, 6.45) is 6.68. The maximum absolute atomic E-state index is 12.6. The Morgan fingerprint density at radius 3 is 1.47 bits per heavy atom. The van der Waals surface area contributed by atoms with Gasteiger partial charge in [0.1, 0.15) is 84.9 Å². The minimum absolute atomic E-state index is 0.0154. The van der Waals surface area contributed by atoms with Gasteiger partial charge in [-0.3, -0.25) is 9.59 Å². The molecule has 4 aromatic carbocycles. The molecular weight excluding hydrogens is 929 g/mol. The molecule has 15 nitrogen and oxygen atoms in total. The molecule has 0 aromatic heterocycles. The molecule has 2 saturated heterocycles. The van der Waals surface area contributed by atoms with Crippen LogP contribution in [0.5, 0.6) is 23.0 Å². The number of aliphatic hydroxyl groups is 2. The van der Waals surface area contributed by atoms with Gasteiger partial charge in [0, 0.05) is 31.1 Å². The van der Waals surface area contributed by atoms with Crippen LogP contribution in [0.2, 0.25) is 0 Å². The van der Waals surface area contributed by atoms with E-state index in [1.165, 1.54) is 94.1 Å². The molecular formula is C51H56F4O15. The van der Waals surface area contributed by atoms with Crippen molar-refractivity contribution in [2.45, 2.75) is 69.4 Å². The Morgan fingerprint density at radius 1 is 0.657 bits per heavy atom. The first-order valence-electron chi connectivity index (χ1n) is 21.5. The van der Waals surface area contributed by atoms with Crippen LogP contribution in [0.1, 0.15) is 44.9 Å². The van der Waals surface area contributed by atoms with Crippen LogP contribution in [0.3, 0.4) is 0 Å². The van der Waals surface area contributed by atoms with Crippen LogP contribution < -0.4 is 18.9 Å². The SMILES string of the molecule is C#CC(=O)OC.COC(=O)C#CC[C@H](O)COc1ccc(F)cc1.COC(=O)CCC[C@H](O)COc1ccc(F)cc1.Fc1ccc(OC[C@@H]2CO2)cc1.O=C1CCC[C@@H](COc2ccc(F)cc2)O1. The zero-order chi connectivity index (χ0) is 51.5. The molecule has 4 aromatic rings. The van der Waals surface area contributed by atoms with Gasteiger partial charge in [-0.1, -0.05) is 5.92 Å². The summed E-state index contributed by atoms with van der Waals surface area (Å²) in [6.45, 7) is 1.80. The summed E-state index contributed by atoms with van der Waals surface area (Å²) in [4.78, 5) is 42.2. The standard InChI is InChI=1S/C13H17FO4.C13H13FO4.C12H13FO3.C9H9FO2.C4H4O2/c2*1-17-13(16)4-2-3-11(15)9-18-12-7-5-10(14)6-8-12;13-9-4-6-10(7-5-9)15-8-11-2-1-3-12(14)16-11;10-7-1-3-8(4-2-7)11-5-9-6-12-9;1-3-4(5)6-2/h5-8,11,15H,2-4,9H2,1H3;5-8,11,15H,3,9H2,1H3;4-7,11H,1-3,8H2;1-4,9H,5-6H2;1H,2H3/t3*11-;9-;/m0001./s1. The summed E-state index contributed by atoms with van der Waals surface area (Å²) in [6, 6.07) is 22.8. The van der Waals surface area contributed by atoms with E-state index in [2.05, 4.69) is 32.5 Å². The molecule has 0 amide bonds. The first-order chi connectivity index (χ1) is 33.6. The molecule has 19 heteroatoms. The first-order valence-corrected chi connectivity index (χ1v) is 21.5. The van der Waals surface area contributed by atoms with Gasteiger partial charge in [-0.05, 0) is 123 Å². The number of cyclic esters (lactones) is 1. The number of ether oxygens (including phenoxy) is 9. The van der Waals surface area contributed by atoms with Crippen molar-refractivity contribution in [1.29, 1.82) is 0 Å². The van der Waals surface area contributed by atoms with Crippen molar-refractivity contribution in [3.8, 4) is 47.2 Å². The Morgan fingerprint density at radius 2 is 1.09 bits per heavy atom. The number of hydrogen-bond acceptors (Lipinski definition) is 15. The summed E-state index contributed by atoms with van der Waals surface area (Å²) in [5.41, 5.74) is 0. The van der Waals surface area contributed by atoms with E-state index in [9.17, 15) is 47.0 Å². The molecule has 2 aliphatic rings. The van der Waals surface area contributed by atoms with Crippen molar-refractivity contribution in [2.75, 3.05) is 54.4 Å². The van der Waals surface area contributed by atoms with E-state index in [1.807, 2.05) is 0 Å². The highest BCUT2D eigenvalue weighted by Gasteiger charge is 2.23. The van der Waals surface area contributed by atoms with Crippen LogP contribution in [0.15, 0.2) is 97.1 Å². The van der Waals surface area contributed by atoms with Gasteiger partial charge in [0.2, 0.25) is 0 Å². The Bertz CT molecular complexity index is 2220. The van der Waals surface area contributed by atoms with Crippen LogP contribution >= 0.6 is 0 Å². The number of methoxy groups -OCH3 is 3. The number of benzene rings is 4. The molecule has 6 rings (SSSR count). The number of esters is 4. The average Bonchev–Trinajstić information content (AvgIpc) is 4.21. The highest BCUT2D eigenvalue weighted by atomic mass is 19.1. The molecule has 0 aliphatic carbocycles. The van der Waals surface area contributed by atoms with E-state index in [4.69, 9.17) is 28.4 Å². The summed E-state index contributed by atoms with van der Waals surface area (Å²) in [5.74, 6) is 5.68. The van der Waals surface area contributed by atoms with Crippen molar-refractivity contribution in [3.63, 3.8) is 0 Å². The number of terminal acetylenes is 1. The number of halogens is 4. The van der Waals surface area contributed by atoms with Crippen LogP contribution in [0.4, 0.5) is 17.6 Å². The molecule has 0 bridgehead atoms. The quantitative estimate of drug-likeness (QED) is 0.0282. The van der Waals surface area contributed by atoms with E-state index in [0.29, 0.717) is 55.5 Å². The summed E-state index contributed by atoms with van der Waals surface area (Å²) < 4.78 is 94.3. The van der Waals surface area contributed by atoms with E-state index in [0.717, 1.165) is 19.4 Å². The number of hydrogen-bond donors (Lipinski definition) is 2. The third-order valence-corrected chi connectivity index (χ3v) is 8.78. The van der Waals surface area contributed by atoms with Crippen molar-refractivity contribution < 1.29 is 89.6 Å². The van der Waals surface area contributed by atoms with Gasteiger partial charge in [0.05, 0.1) is 40.1 Å². The molecule has 378 valence electrons. The van der Waals surface area contributed by atoms with Gasteiger partial charge in [0.25, 0.3) is 0 Å². The normalized spacial score (nSPS) is 14.6. The second kappa shape index (κ2) is 34.9. The molecule has 0 spiro atoms. The summed E-state index contributed by atoms with van der Waals surface area (Å²) >= 11 is 0. The Labute approximate surface area is 403 Å². The monoisotopic (exact) mass is 984 g/mol. The lowest BCUT2D eigenvalue weighted by Crippen LogP contribution is -2.28. The lowest BCUT2D eigenvalue weighted by Gasteiger charge is -2.22. The molecule has 2 heterocycles. The van der Waals surface area contributed by atoms with Gasteiger partial charge >= 0.3 is 23.9 Å². The predicted molar refractivity (Wildman–Crippen MR) is 244 cm³/mol. The van der Waals surface area contributed by atoms with Crippen molar-refractivity contribution >= 4 is 23.9 Å². The first kappa shape index (κ1) is 58.8. The number of rotatable bonds is 17. The molecule has 0 saturated carbocycles. The smallest absolute Gasteiger partial charge is 0.384 e. The Kier molecular flexibility index (Phi) is 29.3. The molecule has 0 radical (unpaired) electrons. The zero-order valence-electron chi connectivity index (χ0n) is 38.8. The number of carbonyl (C=O) groups is 4. The molecule has 4 atom stereocenters. The number of carbonyl (C=O) groups excluding carboxylic acids is 4. The van der Waals surface area contributed by atoms with Gasteiger partial charge in [-0.2, -0.15) is 0 Å². The third-order valence-electron chi connectivity index (χ3n) is 8.78. The topological polar surface area (TPSA) is 195 Å². The molecule has 2 aliphatic heterocycles. The summed E-state index contributed by atoms with van der Waals surface area (Å²) in [5, 5.41) is 19.1. The lowest BCUT2D eigenvalue weighted by atomic mass is 10.1. The van der Waals surface area contributed by atoms with Gasteiger partial charge in [-0.25, -0.2) is 27.2 Å². The molecule has 2 fully saturated rings. The van der Waals surface area contributed by atoms with Gasteiger partial charge in [0.15, 0.2) is 0 Å². The second-order valence-corrected chi connectivity index (χ2v) is 14.4. The largest absolute Gasteiger partial charge is 0.491 e. The fourth-order valence-electron chi connectivity index (χ4n) is 5.02. The Balaban J connectivity index is 0.000000310. The highest BCUT2D eigenvalue weighted by Crippen LogP contribution is 2.18. The summed E-state index contributed by atoms with van der Waals surface area (Å²) in [7, 11) is 3.80. The van der Waals surface area contributed by atoms with Crippen LogP contribution in [-0.2, 0) is 42.9 Å². The fraction of sp³-hybridized carbons (Fsp3) is 0.373. The van der Waals surface area contributed by atoms with Gasteiger partial charge < -0.3 is 52.8 Å². The van der Waals surface area contributed by atoms with Crippen LogP contribution in [-0.4, -0.2) is 113 Å². The maximum atomic E-state index is 12.6. The third kappa shape index (κ3) is 29.4. The van der Waals surface area contributed by atoms with Crippen molar-refractivity contribution in [1.82, 2.24) is 0 Å². The molecule has 0 unspecified atom stereocenters. The molecule has 2 N–H and O–H groups in total. The van der Waals surface area contributed by atoms with Gasteiger partial charge in [-0.15, -0.1) is 6.42 Å². The second-order valence-electron chi connectivity index (χ2n) is 14.4. The minimum Gasteiger partial charge on any atom is -0.491 e. The Hall–Kier alpha value is -7.32. The van der Waals surface area contributed by atoms with Crippen molar-refractivity contribution in [2.24, 2.45) is 0 Å². The predicted octanol–water partition coefficient (Wildman–Crippen LogP) is 6.74. The maximum Gasteiger partial charge on any atom is 0.384 e. The lowest BCUT2D eigenvalue weighted by molar-refractivity contribution is -0.155. The van der Waals surface area contributed by atoms with E-state index in [-0.39, 0.29) is 73.5 Å². The van der Waals surface area contributed by atoms with E-state index >= 15 is 0 Å². The highest BCUT2D eigenvalue weighted by molar-refractivity contribution is 5.88. The van der Waals surface area contributed by atoms with E-state index in [1.54, 1.807) is 30.2 Å².